The second kappa shape index (κ2) is 21.6. The molecular weight excluding hydrogens is 704 g/mol. The average molecular weight is 759 g/mol. The Hall–Kier alpha value is -3.30. The van der Waals surface area contributed by atoms with Crippen molar-refractivity contribution in [1.82, 2.24) is 61.9 Å². The number of hydrogen-bond acceptors (Lipinski definition) is 19. The predicted octanol–water partition coefficient (Wildman–Crippen LogP) is -7.27. The molecule has 2 aliphatic heterocycles. The van der Waals surface area contributed by atoms with Gasteiger partial charge >= 0.3 is 0 Å². The van der Waals surface area contributed by atoms with Crippen LogP contribution >= 0.6 is 0 Å². The molecule has 0 radical (unpaired) electrons. The topological polar surface area (TPSA) is 317 Å². The first-order chi connectivity index (χ1) is 25.4. The van der Waals surface area contributed by atoms with E-state index < -0.39 is 67.3 Å². The van der Waals surface area contributed by atoms with Gasteiger partial charge in [-0.15, -0.1) is 10.2 Å². The molecular formula is C30H54N12O11. The summed E-state index contributed by atoms with van der Waals surface area (Å²) in [5.74, 6) is -0.516. The second-order valence-electron chi connectivity index (χ2n) is 12.8. The van der Waals surface area contributed by atoms with Crippen molar-refractivity contribution in [3.05, 3.63) is 23.8 Å². The third-order valence-corrected chi connectivity index (χ3v) is 8.46. The van der Waals surface area contributed by atoms with Crippen LogP contribution in [-0.2, 0) is 32.1 Å². The molecule has 23 nitrogen and oxygen atoms in total. The molecule has 0 saturated carbocycles. The summed E-state index contributed by atoms with van der Waals surface area (Å²) in [5, 5.41) is 97.3. The van der Waals surface area contributed by atoms with Gasteiger partial charge < -0.3 is 76.8 Å². The van der Waals surface area contributed by atoms with Crippen LogP contribution in [0.15, 0.2) is 12.4 Å². The molecule has 2 amide bonds. The minimum absolute atomic E-state index is 0.000618. The van der Waals surface area contributed by atoms with E-state index >= 15 is 0 Å². The first-order valence-corrected chi connectivity index (χ1v) is 17.6. The maximum absolute atomic E-state index is 12.6. The first kappa shape index (κ1) is 42.4. The van der Waals surface area contributed by atoms with Crippen LogP contribution in [0.4, 0.5) is 0 Å². The smallest absolute Gasteiger partial charge is 0.273 e. The van der Waals surface area contributed by atoms with Gasteiger partial charge in [0.15, 0.2) is 18.3 Å². The molecule has 2 fully saturated rings. The van der Waals surface area contributed by atoms with Crippen LogP contribution in [-0.4, -0.2) is 199 Å². The number of aromatic nitrogens is 6. The number of nitrogens with zero attached hydrogens (tertiary/aromatic N) is 6. The summed E-state index contributed by atoms with van der Waals surface area (Å²) >= 11 is 0. The SMILES string of the molecule is CC(=O)NCCNCCNCCNCCNCCNC(=O)c1cn(C[C@@H]2O[C@@H](OC3OC(Cn4cc(C)nn4)[C@H](O)[C@H](O)[C@H]3O)C(O)C(O)C2O)nn1. The number of aryl methyl sites for hydroxylation is 1. The number of aliphatic hydroxyl groups excluding tert-OH is 6. The molecule has 12 N–H and O–H groups in total. The van der Waals surface area contributed by atoms with Crippen molar-refractivity contribution in [2.45, 2.75) is 88.3 Å². The molecule has 23 heteroatoms. The number of hydrogen-bond donors (Lipinski definition) is 12. The zero-order chi connectivity index (χ0) is 38.3. The largest absolute Gasteiger partial charge is 0.388 e. The number of rotatable bonds is 22. The van der Waals surface area contributed by atoms with Crippen LogP contribution in [0.5, 0.6) is 0 Å². The van der Waals surface area contributed by atoms with Gasteiger partial charge in [-0.3, -0.25) is 9.59 Å². The Morgan fingerprint density at radius 3 is 1.53 bits per heavy atom. The Morgan fingerprint density at radius 2 is 1.08 bits per heavy atom. The molecule has 2 saturated heterocycles. The molecule has 10 atom stereocenters. The average Bonchev–Trinajstić information content (AvgIpc) is 3.78. The first-order valence-electron chi connectivity index (χ1n) is 17.6. The Bertz CT molecular complexity index is 1390. The van der Waals surface area contributed by atoms with Crippen molar-refractivity contribution in [3.8, 4) is 0 Å². The lowest BCUT2D eigenvalue weighted by molar-refractivity contribution is -0.375. The molecule has 0 aromatic carbocycles. The van der Waals surface area contributed by atoms with Crippen molar-refractivity contribution < 1.29 is 54.4 Å². The van der Waals surface area contributed by atoms with Crippen molar-refractivity contribution in [2.24, 2.45) is 0 Å². The standard InChI is InChI=1S/C30H54N12O11/c1-17-13-41(39-37-17)15-20-22(44)24(46)26(48)29(51-20)53-30-27(49)25(47)23(45)21(52-30)16-42-14-19(38-40-42)28(50)36-12-10-34-8-6-32-4-3-31-5-7-33-9-11-35-18(2)43/h13-14,20-27,29-34,44-49H,3-12,15-16H2,1-2H3,(H,35,43)(H,36,50)/t20?,21-,22-,23?,24-,25?,26+,27?,29?,30-/m0/s1. The van der Waals surface area contributed by atoms with E-state index in [2.05, 4.69) is 52.5 Å². The molecule has 2 aromatic rings. The minimum Gasteiger partial charge on any atom is -0.388 e. The Labute approximate surface area is 305 Å². The van der Waals surface area contributed by atoms with Crippen molar-refractivity contribution in [2.75, 3.05) is 65.4 Å². The maximum atomic E-state index is 12.6. The lowest BCUT2D eigenvalue weighted by Crippen LogP contribution is -2.63. The number of carbonyl (C=O) groups is 2. The van der Waals surface area contributed by atoms with Crippen molar-refractivity contribution in [1.29, 1.82) is 0 Å². The second-order valence-corrected chi connectivity index (χ2v) is 12.8. The fourth-order valence-corrected chi connectivity index (χ4v) is 5.55. The highest BCUT2D eigenvalue weighted by Gasteiger charge is 2.50. The summed E-state index contributed by atoms with van der Waals surface area (Å²) in [5.41, 5.74) is 0.605. The summed E-state index contributed by atoms with van der Waals surface area (Å²) < 4.78 is 19.6. The summed E-state index contributed by atoms with van der Waals surface area (Å²) in [6.45, 7) is 9.81. The number of ether oxygens (including phenoxy) is 3. The highest BCUT2D eigenvalue weighted by atomic mass is 16.8. The predicted molar refractivity (Wildman–Crippen MR) is 182 cm³/mol. The van der Waals surface area contributed by atoms with Crippen LogP contribution in [0.25, 0.3) is 0 Å². The van der Waals surface area contributed by atoms with Gasteiger partial charge in [0.2, 0.25) is 5.91 Å². The van der Waals surface area contributed by atoms with Crippen LogP contribution < -0.4 is 31.9 Å². The highest BCUT2D eigenvalue weighted by molar-refractivity contribution is 5.91. The molecule has 5 unspecified atom stereocenters. The number of amides is 2. The van der Waals surface area contributed by atoms with Crippen LogP contribution in [0.3, 0.4) is 0 Å². The fourth-order valence-electron chi connectivity index (χ4n) is 5.55. The summed E-state index contributed by atoms with van der Waals surface area (Å²) in [6, 6.07) is 0. The van der Waals surface area contributed by atoms with Gasteiger partial charge in [0.05, 0.1) is 25.0 Å². The van der Waals surface area contributed by atoms with Crippen LogP contribution in [0.1, 0.15) is 23.1 Å². The Morgan fingerprint density at radius 1 is 0.642 bits per heavy atom. The van der Waals surface area contributed by atoms with E-state index in [9.17, 15) is 40.2 Å². The van der Waals surface area contributed by atoms with Gasteiger partial charge in [-0.25, -0.2) is 9.36 Å². The Kier molecular flexibility index (Phi) is 17.3. The minimum atomic E-state index is -1.79. The zero-order valence-electron chi connectivity index (χ0n) is 29.8. The molecule has 0 spiro atoms. The van der Waals surface area contributed by atoms with E-state index in [4.69, 9.17) is 14.2 Å². The van der Waals surface area contributed by atoms with Crippen molar-refractivity contribution in [3.63, 3.8) is 0 Å². The van der Waals surface area contributed by atoms with E-state index in [1.165, 1.54) is 22.5 Å². The molecule has 2 aliphatic rings. The summed E-state index contributed by atoms with van der Waals surface area (Å²) in [4.78, 5) is 23.4. The van der Waals surface area contributed by atoms with Gasteiger partial charge in [-0.1, -0.05) is 10.4 Å². The van der Waals surface area contributed by atoms with E-state index in [0.29, 0.717) is 31.9 Å². The number of carbonyl (C=O) groups excluding carboxylic acids is 2. The number of aliphatic hydroxyl groups is 6. The zero-order valence-corrected chi connectivity index (χ0v) is 29.8. The highest BCUT2D eigenvalue weighted by Crippen LogP contribution is 2.29. The van der Waals surface area contributed by atoms with E-state index in [0.717, 1.165) is 39.3 Å². The van der Waals surface area contributed by atoms with E-state index in [1.807, 2.05) is 0 Å². The van der Waals surface area contributed by atoms with Gasteiger partial charge in [0.1, 0.15) is 48.8 Å². The summed E-state index contributed by atoms with van der Waals surface area (Å²) in [6.07, 6.45) is -12.8. The normalized spacial score (nSPS) is 28.9. The fraction of sp³-hybridized carbons (Fsp3) is 0.800. The van der Waals surface area contributed by atoms with E-state index in [1.54, 1.807) is 13.1 Å². The summed E-state index contributed by atoms with van der Waals surface area (Å²) in [7, 11) is 0. The van der Waals surface area contributed by atoms with Gasteiger partial charge in [0, 0.05) is 78.6 Å². The maximum Gasteiger partial charge on any atom is 0.273 e. The molecule has 4 heterocycles. The Balaban J connectivity index is 1.13. The molecule has 0 bridgehead atoms. The number of nitrogens with one attached hydrogen (secondary N) is 6. The van der Waals surface area contributed by atoms with Crippen LogP contribution in [0.2, 0.25) is 0 Å². The third-order valence-electron chi connectivity index (χ3n) is 8.46. The quantitative estimate of drug-likeness (QED) is 0.0496. The lowest BCUT2D eigenvalue weighted by atomic mass is 9.97. The molecule has 2 aromatic heterocycles. The molecule has 300 valence electrons. The van der Waals surface area contributed by atoms with Crippen LogP contribution in [0, 0.1) is 6.92 Å². The monoisotopic (exact) mass is 758 g/mol. The third kappa shape index (κ3) is 13.2. The van der Waals surface area contributed by atoms with Gasteiger partial charge in [0.25, 0.3) is 5.91 Å². The molecule has 0 aliphatic carbocycles. The van der Waals surface area contributed by atoms with E-state index in [-0.39, 0.29) is 24.7 Å². The lowest BCUT2D eigenvalue weighted by Gasteiger charge is -2.45. The van der Waals surface area contributed by atoms with Crippen molar-refractivity contribution >= 4 is 11.8 Å². The molecule has 4 rings (SSSR count). The molecule has 53 heavy (non-hydrogen) atoms. The van der Waals surface area contributed by atoms with Gasteiger partial charge in [-0.05, 0) is 6.92 Å². The van der Waals surface area contributed by atoms with Gasteiger partial charge in [-0.2, -0.15) is 0 Å².